The SMILES string of the molecule is CCCNCCCS(=O)(=O)NCc1ncn[nH]1. The maximum absolute atomic E-state index is 11.6. The molecule has 1 aromatic rings. The molecule has 0 spiro atoms. The van der Waals surface area contributed by atoms with Gasteiger partial charge in [-0.2, -0.15) is 5.10 Å². The van der Waals surface area contributed by atoms with Gasteiger partial charge >= 0.3 is 0 Å². The van der Waals surface area contributed by atoms with Crippen LogP contribution in [0.25, 0.3) is 0 Å². The summed E-state index contributed by atoms with van der Waals surface area (Å²) in [6.07, 6.45) is 3.00. The van der Waals surface area contributed by atoms with Gasteiger partial charge in [0.2, 0.25) is 10.0 Å². The van der Waals surface area contributed by atoms with Crippen LogP contribution in [0.15, 0.2) is 6.33 Å². The van der Waals surface area contributed by atoms with Crippen molar-refractivity contribution in [2.75, 3.05) is 18.8 Å². The Hall–Kier alpha value is -0.990. The van der Waals surface area contributed by atoms with Crippen LogP contribution in [0.1, 0.15) is 25.6 Å². The summed E-state index contributed by atoms with van der Waals surface area (Å²) in [7, 11) is -3.22. The maximum Gasteiger partial charge on any atom is 0.212 e. The molecule has 0 aliphatic carbocycles. The first-order valence-corrected chi connectivity index (χ1v) is 7.31. The van der Waals surface area contributed by atoms with Gasteiger partial charge in [0.1, 0.15) is 12.2 Å². The van der Waals surface area contributed by atoms with E-state index in [4.69, 9.17) is 0 Å². The molecule has 1 rings (SSSR count). The number of aromatic nitrogens is 3. The predicted molar refractivity (Wildman–Crippen MR) is 64.8 cm³/mol. The van der Waals surface area contributed by atoms with E-state index < -0.39 is 10.0 Å². The smallest absolute Gasteiger partial charge is 0.212 e. The number of H-pyrrole nitrogens is 1. The van der Waals surface area contributed by atoms with Crippen LogP contribution < -0.4 is 10.0 Å². The maximum atomic E-state index is 11.6. The van der Waals surface area contributed by atoms with Gasteiger partial charge in [-0.15, -0.1) is 0 Å². The summed E-state index contributed by atoms with van der Waals surface area (Å²) in [5.74, 6) is 0.635. The highest BCUT2D eigenvalue weighted by Gasteiger charge is 2.09. The monoisotopic (exact) mass is 261 g/mol. The van der Waals surface area contributed by atoms with Crippen LogP contribution in [-0.2, 0) is 16.6 Å². The number of hydrogen-bond acceptors (Lipinski definition) is 5. The molecule has 1 heterocycles. The second-order valence-electron chi connectivity index (χ2n) is 3.68. The molecule has 7 nitrogen and oxygen atoms in total. The molecule has 0 aliphatic heterocycles. The van der Waals surface area contributed by atoms with E-state index in [0.29, 0.717) is 12.2 Å². The minimum Gasteiger partial charge on any atom is -0.317 e. The third-order valence-electron chi connectivity index (χ3n) is 2.12. The molecule has 17 heavy (non-hydrogen) atoms. The fraction of sp³-hybridized carbons (Fsp3) is 0.778. The molecule has 8 heteroatoms. The third kappa shape index (κ3) is 6.35. The van der Waals surface area contributed by atoms with Gasteiger partial charge in [-0.1, -0.05) is 6.92 Å². The van der Waals surface area contributed by atoms with Crippen LogP contribution in [0.4, 0.5) is 0 Å². The van der Waals surface area contributed by atoms with E-state index in [1.165, 1.54) is 6.33 Å². The van der Waals surface area contributed by atoms with Gasteiger partial charge in [0.15, 0.2) is 0 Å². The van der Waals surface area contributed by atoms with Crippen LogP contribution in [0, 0.1) is 0 Å². The first-order chi connectivity index (χ1) is 8.14. The Labute approximate surface area is 101 Å². The highest BCUT2D eigenvalue weighted by Crippen LogP contribution is 1.92. The Morgan fingerprint density at radius 3 is 2.88 bits per heavy atom. The van der Waals surface area contributed by atoms with Crippen molar-refractivity contribution in [3.8, 4) is 0 Å². The fourth-order valence-electron chi connectivity index (χ4n) is 1.26. The van der Waals surface area contributed by atoms with Gasteiger partial charge < -0.3 is 5.32 Å². The normalized spacial score (nSPS) is 11.8. The van der Waals surface area contributed by atoms with Gasteiger partial charge in [0.25, 0.3) is 0 Å². The lowest BCUT2D eigenvalue weighted by molar-refractivity contribution is 0.572. The van der Waals surface area contributed by atoms with Gasteiger partial charge in [-0.3, -0.25) is 5.10 Å². The molecular formula is C9H19N5O2S. The summed E-state index contributed by atoms with van der Waals surface area (Å²) in [6.45, 7) is 3.87. The van der Waals surface area contributed by atoms with Crippen molar-refractivity contribution in [2.24, 2.45) is 0 Å². The average molecular weight is 261 g/mol. The van der Waals surface area contributed by atoms with Crippen molar-refractivity contribution < 1.29 is 8.42 Å². The molecule has 0 aliphatic rings. The van der Waals surface area contributed by atoms with E-state index in [0.717, 1.165) is 19.5 Å². The van der Waals surface area contributed by atoms with Gasteiger partial charge in [-0.25, -0.2) is 18.1 Å². The lowest BCUT2D eigenvalue weighted by atomic mass is 10.4. The Morgan fingerprint density at radius 2 is 2.24 bits per heavy atom. The van der Waals surface area contributed by atoms with E-state index >= 15 is 0 Å². The molecule has 0 saturated carbocycles. The number of aromatic amines is 1. The van der Waals surface area contributed by atoms with Crippen molar-refractivity contribution in [3.05, 3.63) is 12.2 Å². The minimum absolute atomic E-state index is 0.123. The van der Waals surface area contributed by atoms with Crippen molar-refractivity contribution in [1.29, 1.82) is 0 Å². The zero-order valence-electron chi connectivity index (χ0n) is 9.94. The average Bonchev–Trinajstić information content (AvgIpc) is 2.79. The summed E-state index contributed by atoms with van der Waals surface area (Å²) in [5.41, 5.74) is 0. The molecule has 3 N–H and O–H groups in total. The second-order valence-corrected chi connectivity index (χ2v) is 5.60. The highest BCUT2D eigenvalue weighted by molar-refractivity contribution is 7.89. The molecular weight excluding hydrogens is 242 g/mol. The molecule has 0 amide bonds. The zero-order valence-corrected chi connectivity index (χ0v) is 10.8. The van der Waals surface area contributed by atoms with E-state index in [9.17, 15) is 8.42 Å². The van der Waals surface area contributed by atoms with Gasteiger partial charge in [0.05, 0.1) is 12.3 Å². The quantitative estimate of drug-likeness (QED) is 0.526. The van der Waals surface area contributed by atoms with E-state index in [1.807, 2.05) is 0 Å². The van der Waals surface area contributed by atoms with Crippen LogP contribution >= 0.6 is 0 Å². The second kappa shape index (κ2) is 7.36. The Bertz CT molecular complexity index is 390. The number of sulfonamides is 1. The van der Waals surface area contributed by atoms with E-state index in [1.54, 1.807) is 0 Å². The van der Waals surface area contributed by atoms with Gasteiger partial charge in [-0.05, 0) is 25.9 Å². The first-order valence-electron chi connectivity index (χ1n) is 5.66. The van der Waals surface area contributed by atoms with Crippen LogP contribution in [0.3, 0.4) is 0 Å². The predicted octanol–water partition coefficient (Wildman–Crippen LogP) is -0.386. The Morgan fingerprint density at radius 1 is 1.41 bits per heavy atom. The summed E-state index contributed by atoms with van der Waals surface area (Å²) in [5, 5.41) is 9.39. The first kappa shape index (κ1) is 14.1. The fourth-order valence-corrected chi connectivity index (χ4v) is 2.28. The summed E-state index contributed by atoms with van der Waals surface area (Å²) in [6, 6.07) is 0. The molecule has 0 aromatic carbocycles. The third-order valence-corrected chi connectivity index (χ3v) is 3.53. The number of nitrogens with zero attached hydrogens (tertiary/aromatic N) is 2. The van der Waals surface area contributed by atoms with Crippen LogP contribution in [0.2, 0.25) is 0 Å². The molecule has 1 aromatic heterocycles. The lowest BCUT2D eigenvalue weighted by Crippen LogP contribution is -2.28. The molecule has 0 bridgehead atoms. The minimum atomic E-state index is -3.22. The van der Waals surface area contributed by atoms with E-state index in [-0.39, 0.29) is 12.3 Å². The van der Waals surface area contributed by atoms with E-state index in [2.05, 4.69) is 32.1 Å². The standard InChI is InChI=1S/C9H19N5O2S/c1-2-4-10-5-3-6-17(15,16)13-7-9-11-8-12-14-9/h8,10,13H,2-7H2,1H3,(H,11,12,14). The molecule has 0 radical (unpaired) electrons. The molecule has 0 fully saturated rings. The van der Waals surface area contributed by atoms with Crippen molar-refractivity contribution >= 4 is 10.0 Å². The zero-order chi connectivity index (χ0) is 12.6. The molecule has 0 unspecified atom stereocenters. The summed E-state index contributed by atoms with van der Waals surface area (Å²) in [4.78, 5) is 3.83. The Balaban J connectivity index is 2.17. The molecule has 0 atom stereocenters. The number of nitrogens with one attached hydrogen (secondary N) is 3. The van der Waals surface area contributed by atoms with Crippen molar-refractivity contribution in [1.82, 2.24) is 25.2 Å². The summed E-state index contributed by atoms with van der Waals surface area (Å²) >= 11 is 0. The molecule has 98 valence electrons. The van der Waals surface area contributed by atoms with Crippen molar-refractivity contribution in [3.63, 3.8) is 0 Å². The van der Waals surface area contributed by atoms with Crippen LogP contribution in [-0.4, -0.2) is 42.4 Å². The Kier molecular flexibility index (Phi) is 6.09. The lowest BCUT2D eigenvalue weighted by Gasteiger charge is -2.05. The van der Waals surface area contributed by atoms with Crippen molar-refractivity contribution in [2.45, 2.75) is 26.3 Å². The number of hydrogen-bond donors (Lipinski definition) is 3. The highest BCUT2D eigenvalue weighted by atomic mass is 32.2. The largest absolute Gasteiger partial charge is 0.317 e. The van der Waals surface area contributed by atoms with Crippen LogP contribution in [0.5, 0.6) is 0 Å². The summed E-state index contributed by atoms with van der Waals surface area (Å²) < 4.78 is 25.6. The topological polar surface area (TPSA) is 99.8 Å². The number of rotatable bonds is 9. The van der Waals surface area contributed by atoms with Gasteiger partial charge in [0, 0.05) is 0 Å². The molecule has 0 saturated heterocycles.